The predicted octanol–water partition coefficient (Wildman–Crippen LogP) is 3.69. The zero-order valence-electron chi connectivity index (χ0n) is 12.5. The van der Waals surface area contributed by atoms with E-state index in [0.717, 1.165) is 31.7 Å². The van der Waals surface area contributed by atoms with E-state index in [1.165, 1.54) is 12.5 Å². The van der Waals surface area contributed by atoms with Crippen molar-refractivity contribution in [1.82, 2.24) is 10.2 Å². The summed E-state index contributed by atoms with van der Waals surface area (Å²) in [5.74, 6) is 0.356. The molecule has 2 rings (SSSR count). The number of hydrogen-bond acceptors (Lipinski definition) is 2. The van der Waals surface area contributed by atoms with Gasteiger partial charge in [-0.2, -0.15) is 0 Å². The molecule has 2 nitrogen and oxygen atoms in total. The first-order valence-corrected chi connectivity index (χ1v) is 7.62. The second-order valence-electron chi connectivity index (χ2n) is 6.77. The summed E-state index contributed by atoms with van der Waals surface area (Å²) in [5.41, 5.74) is 1.26. The Bertz CT molecular complexity index is 456. The van der Waals surface area contributed by atoms with Gasteiger partial charge in [0.15, 0.2) is 0 Å². The minimum absolute atomic E-state index is 0.178. The molecule has 0 spiro atoms. The van der Waals surface area contributed by atoms with Crippen molar-refractivity contribution < 1.29 is 4.39 Å². The van der Waals surface area contributed by atoms with Gasteiger partial charge in [-0.25, -0.2) is 4.39 Å². The van der Waals surface area contributed by atoms with Gasteiger partial charge in [0.25, 0.3) is 0 Å². The van der Waals surface area contributed by atoms with E-state index >= 15 is 0 Å². The average Bonchev–Trinajstić information content (AvgIpc) is 2.78. The van der Waals surface area contributed by atoms with E-state index in [9.17, 15) is 4.39 Å². The van der Waals surface area contributed by atoms with Gasteiger partial charge in [-0.05, 0) is 63.9 Å². The van der Waals surface area contributed by atoms with Crippen molar-refractivity contribution in [2.24, 2.45) is 5.92 Å². The lowest BCUT2D eigenvalue weighted by molar-refractivity contribution is 0.305. The van der Waals surface area contributed by atoms with Crippen LogP contribution in [-0.2, 0) is 6.54 Å². The maximum Gasteiger partial charge on any atom is 0.141 e. The third kappa shape index (κ3) is 4.72. The average molecular weight is 299 g/mol. The lowest BCUT2D eigenvalue weighted by Gasteiger charge is -2.23. The second kappa shape index (κ2) is 6.42. The van der Waals surface area contributed by atoms with Crippen molar-refractivity contribution in [3.63, 3.8) is 0 Å². The van der Waals surface area contributed by atoms with Crippen molar-refractivity contribution in [2.45, 2.75) is 39.3 Å². The second-order valence-corrected chi connectivity index (χ2v) is 7.18. The van der Waals surface area contributed by atoms with Gasteiger partial charge >= 0.3 is 0 Å². The van der Waals surface area contributed by atoms with Gasteiger partial charge in [0.1, 0.15) is 5.82 Å². The summed E-state index contributed by atoms with van der Waals surface area (Å²) in [6.07, 6.45) is 1.22. The van der Waals surface area contributed by atoms with Crippen LogP contribution in [0.1, 0.15) is 32.8 Å². The summed E-state index contributed by atoms with van der Waals surface area (Å²) in [6, 6.07) is 5.01. The molecule has 1 atom stereocenters. The molecule has 1 saturated heterocycles. The maximum atomic E-state index is 13.1. The first-order chi connectivity index (χ1) is 9.33. The number of nitrogens with one attached hydrogen (secondary N) is 1. The van der Waals surface area contributed by atoms with E-state index in [2.05, 4.69) is 31.0 Å². The van der Waals surface area contributed by atoms with Crippen molar-refractivity contribution in [3.8, 4) is 0 Å². The molecule has 1 aliphatic rings. The van der Waals surface area contributed by atoms with Crippen LogP contribution in [0, 0.1) is 11.7 Å². The van der Waals surface area contributed by atoms with Gasteiger partial charge < -0.3 is 5.32 Å². The standard InChI is InChI=1S/C16H24ClFN2/c1-16(2,3)19-9-13-6-7-20(11-13)10-12-4-5-15(18)14(17)8-12/h4-5,8,13,19H,6-7,9-11H2,1-3H3. The number of halogens is 2. The lowest BCUT2D eigenvalue weighted by Crippen LogP contribution is -2.39. The molecule has 112 valence electrons. The van der Waals surface area contributed by atoms with Gasteiger partial charge in [-0.3, -0.25) is 4.90 Å². The van der Waals surface area contributed by atoms with Crippen molar-refractivity contribution in [1.29, 1.82) is 0 Å². The van der Waals surface area contributed by atoms with Crippen molar-refractivity contribution in [3.05, 3.63) is 34.6 Å². The summed E-state index contributed by atoms with van der Waals surface area (Å²) >= 11 is 5.82. The zero-order valence-corrected chi connectivity index (χ0v) is 13.3. The molecular formula is C16H24ClFN2. The molecule has 20 heavy (non-hydrogen) atoms. The van der Waals surface area contributed by atoms with Crippen molar-refractivity contribution >= 4 is 11.6 Å². The summed E-state index contributed by atoms with van der Waals surface area (Å²) < 4.78 is 13.1. The Morgan fingerprint density at radius 1 is 1.40 bits per heavy atom. The minimum Gasteiger partial charge on any atom is -0.312 e. The molecule has 0 aromatic heterocycles. The molecule has 0 aliphatic carbocycles. The Kier molecular flexibility index (Phi) is 5.05. The maximum absolute atomic E-state index is 13.1. The van der Waals surface area contributed by atoms with Crippen LogP contribution in [-0.4, -0.2) is 30.1 Å². The summed E-state index contributed by atoms with van der Waals surface area (Å²) in [5, 5.41) is 3.78. The van der Waals surface area contributed by atoms with Gasteiger partial charge in [-0.1, -0.05) is 17.7 Å². The van der Waals surface area contributed by atoms with Crippen LogP contribution < -0.4 is 5.32 Å². The number of likely N-dealkylation sites (tertiary alicyclic amines) is 1. The monoisotopic (exact) mass is 298 g/mol. The Labute approximate surface area is 126 Å². The van der Waals surface area contributed by atoms with Gasteiger partial charge in [0.2, 0.25) is 0 Å². The van der Waals surface area contributed by atoms with Crippen LogP contribution >= 0.6 is 11.6 Å². The number of hydrogen-bond donors (Lipinski definition) is 1. The summed E-state index contributed by atoms with van der Waals surface area (Å²) in [7, 11) is 0. The van der Waals surface area contributed by atoms with E-state index in [4.69, 9.17) is 11.6 Å². The van der Waals surface area contributed by atoms with E-state index < -0.39 is 0 Å². The van der Waals surface area contributed by atoms with Crippen LogP contribution in [0.3, 0.4) is 0 Å². The summed E-state index contributed by atoms with van der Waals surface area (Å²) in [4.78, 5) is 2.42. The third-order valence-electron chi connectivity index (χ3n) is 3.68. The molecule has 1 aliphatic heterocycles. The van der Waals surface area contributed by atoms with Crippen LogP contribution in [0.15, 0.2) is 18.2 Å². The Morgan fingerprint density at radius 3 is 2.80 bits per heavy atom. The van der Waals surface area contributed by atoms with Gasteiger partial charge in [0, 0.05) is 18.6 Å². The van der Waals surface area contributed by atoms with Gasteiger partial charge in [-0.15, -0.1) is 0 Å². The molecule has 0 bridgehead atoms. The Balaban J connectivity index is 1.82. The molecule has 1 N–H and O–H groups in total. The largest absolute Gasteiger partial charge is 0.312 e. The fourth-order valence-electron chi connectivity index (χ4n) is 2.57. The third-order valence-corrected chi connectivity index (χ3v) is 3.97. The fraction of sp³-hybridized carbons (Fsp3) is 0.625. The predicted molar refractivity (Wildman–Crippen MR) is 82.5 cm³/mol. The summed E-state index contributed by atoms with van der Waals surface area (Å²) in [6.45, 7) is 10.7. The quantitative estimate of drug-likeness (QED) is 0.912. The molecule has 0 radical (unpaired) electrons. The topological polar surface area (TPSA) is 15.3 Å². The molecule has 1 fully saturated rings. The molecule has 1 aromatic rings. The van der Waals surface area contributed by atoms with Crippen LogP contribution in [0.25, 0.3) is 0 Å². The smallest absolute Gasteiger partial charge is 0.141 e. The number of rotatable bonds is 4. The molecule has 1 heterocycles. The van der Waals surface area contributed by atoms with E-state index in [0.29, 0.717) is 5.92 Å². The highest BCUT2D eigenvalue weighted by Crippen LogP contribution is 2.21. The Hall–Kier alpha value is -0.640. The van der Waals surface area contributed by atoms with Crippen molar-refractivity contribution in [2.75, 3.05) is 19.6 Å². The highest BCUT2D eigenvalue weighted by atomic mass is 35.5. The first-order valence-electron chi connectivity index (χ1n) is 7.25. The van der Waals surface area contributed by atoms with Crippen LogP contribution in [0.2, 0.25) is 5.02 Å². The van der Waals surface area contributed by atoms with Gasteiger partial charge in [0.05, 0.1) is 5.02 Å². The number of benzene rings is 1. The molecule has 1 unspecified atom stereocenters. The lowest BCUT2D eigenvalue weighted by atomic mass is 10.1. The molecule has 1 aromatic carbocycles. The highest BCUT2D eigenvalue weighted by molar-refractivity contribution is 6.30. The molecule has 0 amide bonds. The van der Waals surface area contributed by atoms with Crippen LogP contribution in [0.4, 0.5) is 4.39 Å². The highest BCUT2D eigenvalue weighted by Gasteiger charge is 2.23. The van der Waals surface area contributed by atoms with Crippen LogP contribution in [0.5, 0.6) is 0 Å². The molecular weight excluding hydrogens is 275 g/mol. The zero-order chi connectivity index (χ0) is 14.8. The van der Waals surface area contributed by atoms with E-state index in [-0.39, 0.29) is 16.4 Å². The SMILES string of the molecule is CC(C)(C)NCC1CCN(Cc2ccc(F)c(Cl)c2)C1. The number of nitrogens with zero attached hydrogens (tertiary/aromatic N) is 1. The fourth-order valence-corrected chi connectivity index (χ4v) is 2.77. The first kappa shape index (κ1) is 15.7. The normalized spacial score (nSPS) is 20.6. The minimum atomic E-state index is -0.343. The van der Waals surface area contributed by atoms with E-state index in [1.54, 1.807) is 6.07 Å². The molecule has 0 saturated carbocycles. The van der Waals surface area contributed by atoms with E-state index in [1.807, 2.05) is 6.07 Å². The molecule has 4 heteroatoms. The Morgan fingerprint density at radius 2 is 2.15 bits per heavy atom.